The second-order valence-corrected chi connectivity index (χ2v) is 6.38. The number of thiophene rings is 1. The Hall–Kier alpha value is -2.09. The van der Waals surface area contributed by atoms with Gasteiger partial charge in [-0.2, -0.15) is 0 Å². The van der Waals surface area contributed by atoms with Gasteiger partial charge in [-0.1, -0.05) is 49.6 Å². The molecule has 0 saturated heterocycles. The summed E-state index contributed by atoms with van der Waals surface area (Å²) in [5.41, 5.74) is 2.57. The number of carbonyl (C=O) groups is 1. The van der Waals surface area contributed by atoms with Gasteiger partial charge < -0.3 is 10.6 Å². The van der Waals surface area contributed by atoms with E-state index in [1.807, 2.05) is 6.07 Å². The van der Waals surface area contributed by atoms with E-state index in [1.165, 1.54) is 16.0 Å². The van der Waals surface area contributed by atoms with Gasteiger partial charge in [0.05, 0.1) is 11.4 Å². The van der Waals surface area contributed by atoms with E-state index >= 15 is 0 Å². The molecule has 0 radical (unpaired) electrons. The molecule has 1 aromatic heterocycles. The Morgan fingerprint density at radius 1 is 1.35 bits per heavy atom. The average molecular weight is 327 g/mol. The Balaban J connectivity index is 2.09. The SMILES string of the molecule is C#CCNC(=O)C[NH2+][C@@H](c1ccc(CCC)cc1)c1cccs1. The Morgan fingerprint density at radius 3 is 2.74 bits per heavy atom. The van der Waals surface area contributed by atoms with Crippen LogP contribution in [0.2, 0.25) is 0 Å². The lowest BCUT2D eigenvalue weighted by atomic mass is 10.0. The zero-order valence-electron chi connectivity index (χ0n) is 13.4. The molecule has 2 aromatic rings. The van der Waals surface area contributed by atoms with Crippen LogP contribution in [0.1, 0.15) is 35.4 Å². The largest absolute Gasteiger partial charge is 0.340 e. The number of terminal acetylenes is 1. The van der Waals surface area contributed by atoms with E-state index in [0.717, 1.165) is 12.8 Å². The van der Waals surface area contributed by atoms with E-state index in [4.69, 9.17) is 6.42 Å². The van der Waals surface area contributed by atoms with E-state index in [9.17, 15) is 4.79 Å². The second-order valence-electron chi connectivity index (χ2n) is 5.41. The summed E-state index contributed by atoms with van der Waals surface area (Å²) >= 11 is 1.71. The standard InChI is InChI=1S/C19H22N2OS/c1-3-6-15-8-10-16(11-9-15)19(17-7-5-13-23-17)21-14-18(22)20-12-4-2/h2,5,7-11,13,19,21H,3,6,12,14H2,1H3,(H,20,22)/p+1/t19-/m0/s1. The molecule has 3 N–H and O–H groups in total. The second kappa shape index (κ2) is 9.14. The number of benzene rings is 1. The van der Waals surface area contributed by atoms with Crippen molar-refractivity contribution in [3.8, 4) is 12.3 Å². The first-order valence-electron chi connectivity index (χ1n) is 7.90. The zero-order valence-corrected chi connectivity index (χ0v) is 14.2. The summed E-state index contributed by atoms with van der Waals surface area (Å²) < 4.78 is 0. The topological polar surface area (TPSA) is 45.7 Å². The molecule has 0 saturated carbocycles. The number of hydrogen-bond acceptors (Lipinski definition) is 2. The summed E-state index contributed by atoms with van der Waals surface area (Å²) in [5.74, 6) is 2.38. The van der Waals surface area contributed by atoms with Crippen LogP contribution in [0.15, 0.2) is 41.8 Å². The van der Waals surface area contributed by atoms with E-state index in [1.54, 1.807) is 11.3 Å². The third-order valence-corrected chi connectivity index (χ3v) is 4.61. The van der Waals surface area contributed by atoms with Gasteiger partial charge in [-0.25, -0.2) is 0 Å². The fourth-order valence-electron chi connectivity index (χ4n) is 2.51. The van der Waals surface area contributed by atoms with Crippen molar-refractivity contribution < 1.29 is 10.1 Å². The number of hydrogen-bond donors (Lipinski definition) is 2. The minimum Gasteiger partial charge on any atom is -0.340 e. The van der Waals surface area contributed by atoms with Gasteiger partial charge in [0.25, 0.3) is 5.91 Å². The first-order valence-corrected chi connectivity index (χ1v) is 8.78. The summed E-state index contributed by atoms with van der Waals surface area (Å²) in [6, 6.07) is 13.0. The monoisotopic (exact) mass is 327 g/mol. The molecule has 120 valence electrons. The summed E-state index contributed by atoms with van der Waals surface area (Å²) in [6.45, 7) is 2.83. The van der Waals surface area contributed by atoms with E-state index in [0.29, 0.717) is 6.54 Å². The number of nitrogens with one attached hydrogen (secondary N) is 1. The number of amides is 1. The molecule has 0 aliphatic heterocycles. The van der Waals surface area contributed by atoms with Crippen LogP contribution in [0.3, 0.4) is 0 Å². The molecule has 4 heteroatoms. The maximum absolute atomic E-state index is 11.8. The van der Waals surface area contributed by atoms with Gasteiger partial charge in [0, 0.05) is 5.56 Å². The van der Waals surface area contributed by atoms with Crippen molar-refractivity contribution in [3.63, 3.8) is 0 Å². The van der Waals surface area contributed by atoms with Gasteiger partial charge in [-0.15, -0.1) is 17.8 Å². The van der Waals surface area contributed by atoms with Crippen LogP contribution < -0.4 is 10.6 Å². The lowest BCUT2D eigenvalue weighted by Gasteiger charge is -2.15. The lowest BCUT2D eigenvalue weighted by molar-refractivity contribution is -0.676. The Morgan fingerprint density at radius 2 is 2.13 bits per heavy atom. The molecule has 0 spiro atoms. The number of carbonyl (C=O) groups excluding carboxylic acids is 1. The molecular formula is C19H23N2OS+. The predicted octanol–water partition coefficient (Wildman–Crippen LogP) is 2.10. The van der Waals surface area contributed by atoms with Crippen molar-refractivity contribution in [2.45, 2.75) is 25.8 Å². The van der Waals surface area contributed by atoms with Gasteiger partial charge in [-0.3, -0.25) is 4.79 Å². The van der Waals surface area contributed by atoms with Crippen molar-refractivity contribution >= 4 is 17.2 Å². The summed E-state index contributed by atoms with van der Waals surface area (Å²) in [6.07, 6.45) is 7.41. The Kier molecular flexibility index (Phi) is 6.86. The minimum atomic E-state index is -0.0351. The predicted molar refractivity (Wildman–Crippen MR) is 95.2 cm³/mol. The summed E-state index contributed by atoms with van der Waals surface area (Å²) in [7, 11) is 0. The third-order valence-electron chi connectivity index (χ3n) is 3.65. The smallest absolute Gasteiger partial charge is 0.275 e. The highest BCUT2D eigenvalue weighted by molar-refractivity contribution is 7.10. The van der Waals surface area contributed by atoms with E-state index in [-0.39, 0.29) is 18.5 Å². The molecule has 0 fully saturated rings. The van der Waals surface area contributed by atoms with Crippen LogP contribution in [0.4, 0.5) is 0 Å². The molecule has 0 aliphatic carbocycles. The average Bonchev–Trinajstić information content (AvgIpc) is 3.09. The summed E-state index contributed by atoms with van der Waals surface area (Å²) in [5, 5.41) is 6.84. The number of aryl methyl sites for hydroxylation is 1. The first kappa shape index (κ1) is 17.3. The van der Waals surface area contributed by atoms with Crippen LogP contribution in [0.5, 0.6) is 0 Å². The van der Waals surface area contributed by atoms with Gasteiger partial charge in [0.15, 0.2) is 6.54 Å². The fourth-order valence-corrected chi connectivity index (χ4v) is 3.36. The fraction of sp³-hybridized carbons (Fsp3) is 0.316. The maximum atomic E-state index is 11.8. The zero-order chi connectivity index (χ0) is 16.5. The summed E-state index contributed by atoms with van der Waals surface area (Å²) in [4.78, 5) is 13.1. The number of rotatable bonds is 8. The van der Waals surface area contributed by atoms with E-state index < -0.39 is 0 Å². The highest BCUT2D eigenvalue weighted by Gasteiger charge is 2.19. The molecular weight excluding hydrogens is 304 g/mol. The van der Waals surface area contributed by atoms with Gasteiger partial charge >= 0.3 is 0 Å². The van der Waals surface area contributed by atoms with Crippen molar-refractivity contribution in [2.24, 2.45) is 0 Å². The molecule has 1 aromatic carbocycles. The van der Waals surface area contributed by atoms with Crippen LogP contribution in [-0.4, -0.2) is 19.0 Å². The van der Waals surface area contributed by atoms with Crippen molar-refractivity contribution in [1.82, 2.24) is 5.32 Å². The Bertz CT molecular complexity index is 641. The molecule has 0 aliphatic rings. The molecule has 3 nitrogen and oxygen atoms in total. The van der Waals surface area contributed by atoms with Crippen LogP contribution in [-0.2, 0) is 11.2 Å². The Labute approximate surface area is 142 Å². The van der Waals surface area contributed by atoms with Gasteiger partial charge in [0.1, 0.15) is 6.04 Å². The van der Waals surface area contributed by atoms with Crippen LogP contribution in [0.25, 0.3) is 0 Å². The first-order chi connectivity index (χ1) is 11.2. The number of quaternary nitrogens is 1. The molecule has 1 atom stereocenters. The highest BCUT2D eigenvalue weighted by atomic mass is 32.1. The molecule has 1 amide bonds. The molecule has 1 heterocycles. The van der Waals surface area contributed by atoms with Gasteiger partial charge in [0.2, 0.25) is 0 Å². The molecule has 0 unspecified atom stereocenters. The highest BCUT2D eigenvalue weighted by Crippen LogP contribution is 2.23. The van der Waals surface area contributed by atoms with Crippen molar-refractivity contribution in [2.75, 3.05) is 13.1 Å². The third kappa shape index (κ3) is 5.24. The quantitative estimate of drug-likeness (QED) is 0.717. The van der Waals surface area contributed by atoms with Crippen LogP contribution >= 0.6 is 11.3 Å². The van der Waals surface area contributed by atoms with Gasteiger partial charge in [-0.05, 0) is 23.4 Å². The molecule has 23 heavy (non-hydrogen) atoms. The van der Waals surface area contributed by atoms with Crippen LogP contribution in [0, 0.1) is 12.3 Å². The number of nitrogens with two attached hydrogens (primary N) is 1. The molecule has 0 bridgehead atoms. The van der Waals surface area contributed by atoms with E-state index in [2.05, 4.69) is 59.2 Å². The maximum Gasteiger partial charge on any atom is 0.275 e. The molecule has 2 rings (SSSR count). The lowest BCUT2D eigenvalue weighted by Crippen LogP contribution is -2.87. The van der Waals surface area contributed by atoms with Crippen molar-refractivity contribution in [3.05, 3.63) is 57.8 Å². The normalized spacial score (nSPS) is 11.7. The minimum absolute atomic E-state index is 0.0351. The van der Waals surface area contributed by atoms with Crippen molar-refractivity contribution in [1.29, 1.82) is 0 Å².